The summed E-state index contributed by atoms with van der Waals surface area (Å²) in [6, 6.07) is 16.4. The van der Waals surface area contributed by atoms with Gasteiger partial charge in [-0.1, -0.05) is 12.7 Å². The summed E-state index contributed by atoms with van der Waals surface area (Å²) in [5.41, 5.74) is 22.2. The molecule has 0 unspecified atom stereocenters. The molecule has 0 aliphatic heterocycles. The molecule has 5 aromatic carbocycles. The largest absolute Gasteiger partial charge is 0.505 e. The van der Waals surface area contributed by atoms with E-state index >= 15 is 0 Å². The summed E-state index contributed by atoms with van der Waals surface area (Å²) in [5, 5.41) is 30.1. The van der Waals surface area contributed by atoms with Crippen LogP contribution < -0.4 is 27.3 Å². The van der Waals surface area contributed by atoms with Gasteiger partial charge in [0.05, 0.1) is 18.5 Å². The van der Waals surface area contributed by atoms with Crippen LogP contribution in [0.2, 0.25) is 0 Å². The van der Waals surface area contributed by atoms with Crippen molar-refractivity contribution in [3.63, 3.8) is 0 Å². The van der Waals surface area contributed by atoms with Crippen LogP contribution in [0.1, 0.15) is 29.2 Å². The van der Waals surface area contributed by atoms with Gasteiger partial charge in [0.1, 0.15) is 31.8 Å². The van der Waals surface area contributed by atoms with E-state index in [4.69, 9.17) is 21.9 Å². The maximum atomic E-state index is 12.2. The highest BCUT2D eigenvalue weighted by Crippen LogP contribution is 2.42. The molecule has 328 valence electrons. The van der Waals surface area contributed by atoms with Crippen molar-refractivity contribution in [3.05, 3.63) is 124 Å². The third-order valence-electron chi connectivity index (χ3n) is 8.95. The van der Waals surface area contributed by atoms with E-state index in [1.165, 1.54) is 56.5 Å². The van der Waals surface area contributed by atoms with Crippen LogP contribution in [0, 0.1) is 27.7 Å². The van der Waals surface area contributed by atoms with E-state index in [9.17, 15) is 44.0 Å². The minimum absolute atomic E-state index is 0.0159. The van der Waals surface area contributed by atoms with Gasteiger partial charge in [0, 0.05) is 39.9 Å². The summed E-state index contributed by atoms with van der Waals surface area (Å²) in [5.74, 6) is -0.260. The first-order chi connectivity index (χ1) is 28.7. The Balaban J connectivity index is 0.000000312. The Morgan fingerprint density at radius 2 is 1.24 bits per heavy atom. The molecular weight excluding hydrogens is 865 g/mol. The Kier molecular flexibility index (Phi) is 14.6. The van der Waals surface area contributed by atoms with E-state index in [0.717, 1.165) is 28.8 Å². The maximum Gasteiger partial charge on any atom is 0.296 e. The zero-order valence-corrected chi connectivity index (χ0v) is 36.6. The van der Waals surface area contributed by atoms with Gasteiger partial charge in [-0.2, -0.15) is 35.5 Å². The van der Waals surface area contributed by atoms with Crippen molar-refractivity contribution >= 4 is 80.9 Å². The van der Waals surface area contributed by atoms with E-state index in [1.54, 1.807) is 38.1 Å². The van der Waals surface area contributed by atoms with Gasteiger partial charge in [-0.3, -0.25) is 13.7 Å². The van der Waals surface area contributed by atoms with E-state index in [1.807, 2.05) is 13.8 Å². The fraction of sp³-hybridized carbons (Fsp3) is 0.150. The molecule has 5 aromatic rings. The standard InChI is InChI=1S/C25H27N5O7S2.C15H17N3O4S/c1-5-19(26)22(38(32,33)34)10-15(4)28-17-6-7-18-16(11-17)12-23(39(35,36)37)24(25(18)31)30-29-21-9-13(2)20(27)8-14(21)3;1-9-7-14(10(2)6-12(9)16)18-17-13-5-4-11(22-3)8-15(13)23(19,20)21/h5-12,28,31H,4,26-27H2,1-3H3,(H,32,33,34)(H,35,36,37);4-8H,16H2,1-3H3,(H,19,20,21)/b19-5+,22-10+,30-29?;. The number of ether oxygens (including phenoxy) is 1. The first kappa shape index (κ1) is 48.0. The van der Waals surface area contributed by atoms with Crippen LogP contribution >= 0.6 is 0 Å². The van der Waals surface area contributed by atoms with Crippen LogP contribution in [-0.2, 0) is 30.4 Å². The number of benzene rings is 5. The Morgan fingerprint density at radius 1 is 0.710 bits per heavy atom. The molecule has 0 spiro atoms. The number of methoxy groups -OCH3 is 1. The van der Waals surface area contributed by atoms with E-state index in [2.05, 4.69) is 32.4 Å². The van der Waals surface area contributed by atoms with Crippen molar-refractivity contribution in [1.82, 2.24) is 0 Å². The second-order valence-corrected chi connectivity index (χ2v) is 17.7. The third kappa shape index (κ3) is 11.8. The molecule has 0 saturated heterocycles. The lowest BCUT2D eigenvalue weighted by molar-refractivity contribution is 0.412. The maximum absolute atomic E-state index is 12.2. The Hall–Kier alpha value is -6.69. The van der Waals surface area contributed by atoms with Crippen molar-refractivity contribution in [1.29, 1.82) is 0 Å². The van der Waals surface area contributed by atoms with Gasteiger partial charge in [-0.15, -0.1) is 10.2 Å². The summed E-state index contributed by atoms with van der Waals surface area (Å²) in [6.07, 6.45) is 2.30. The number of aromatic hydroxyl groups is 1. The number of azo groups is 2. The molecule has 19 nitrogen and oxygen atoms in total. The van der Waals surface area contributed by atoms with E-state index < -0.39 is 51.6 Å². The molecule has 0 amide bonds. The first-order valence-electron chi connectivity index (χ1n) is 17.8. The fourth-order valence-electron chi connectivity index (χ4n) is 5.54. The van der Waals surface area contributed by atoms with Crippen LogP contribution in [0.5, 0.6) is 11.5 Å². The predicted molar refractivity (Wildman–Crippen MR) is 238 cm³/mol. The number of rotatable bonds is 12. The quantitative estimate of drug-likeness (QED) is 0.0252. The summed E-state index contributed by atoms with van der Waals surface area (Å²) >= 11 is 0. The van der Waals surface area contributed by atoms with Crippen LogP contribution in [-0.4, -0.2) is 51.1 Å². The van der Waals surface area contributed by atoms with Gasteiger partial charge in [0.2, 0.25) is 0 Å². The van der Waals surface area contributed by atoms with Gasteiger partial charge in [0.25, 0.3) is 30.4 Å². The number of fused-ring (bicyclic) bond motifs is 1. The summed E-state index contributed by atoms with van der Waals surface area (Å²) in [7, 11) is -12.6. The average molecular weight is 909 g/mol. The molecule has 0 fully saturated rings. The molecule has 0 aliphatic carbocycles. The molecule has 5 rings (SSSR count). The summed E-state index contributed by atoms with van der Waals surface area (Å²) in [6.45, 7) is 12.3. The number of phenols is 1. The monoisotopic (exact) mass is 908 g/mol. The molecule has 0 radical (unpaired) electrons. The molecule has 22 heteroatoms. The summed E-state index contributed by atoms with van der Waals surface area (Å²) < 4.78 is 104. The third-order valence-corrected chi connectivity index (χ3v) is 11.6. The predicted octanol–water partition coefficient (Wildman–Crippen LogP) is 8.52. The number of allylic oxidation sites excluding steroid dienone is 2. The van der Waals surface area contributed by atoms with E-state index in [0.29, 0.717) is 34.0 Å². The molecule has 0 saturated carbocycles. The van der Waals surface area contributed by atoms with Gasteiger partial charge in [-0.05, 0) is 129 Å². The Bertz CT molecular complexity index is 3080. The highest BCUT2D eigenvalue weighted by atomic mass is 32.2. The second-order valence-electron chi connectivity index (χ2n) is 13.6. The number of nitrogen functional groups attached to an aromatic ring is 2. The lowest BCUT2D eigenvalue weighted by Crippen LogP contribution is -2.12. The number of nitrogens with one attached hydrogen (secondary N) is 1. The zero-order valence-electron chi connectivity index (χ0n) is 34.1. The second kappa shape index (κ2) is 18.9. The normalized spacial score (nSPS) is 12.7. The average Bonchev–Trinajstić information content (AvgIpc) is 3.17. The Morgan fingerprint density at radius 3 is 1.74 bits per heavy atom. The smallest absolute Gasteiger partial charge is 0.296 e. The van der Waals surface area contributed by atoms with Crippen molar-refractivity contribution in [2.45, 2.75) is 44.4 Å². The number of anilines is 3. The number of hydrogen-bond donors (Lipinski definition) is 8. The highest BCUT2D eigenvalue weighted by Gasteiger charge is 2.23. The zero-order chi connectivity index (χ0) is 46.5. The van der Waals surface area contributed by atoms with Crippen molar-refractivity contribution in [3.8, 4) is 11.5 Å². The lowest BCUT2D eigenvalue weighted by Gasteiger charge is -2.12. The molecular formula is C40H44N8O11S3. The molecule has 0 heterocycles. The van der Waals surface area contributed by atoms with Crippen LogP contribution in [0.15, 0.2) is 132 Å². The van der Waals surface area contributed by atoms with Crippen molar-refractivity contribution in [2.24, 2.45) is 26.2 Å². The Labute approximate surface area is 358 Å². The van der Waals surface area contributed by atoms with Crippen molar-refractivity contribution < 1.29 is 48.8 Å². The lowest BCUT2D eigenvalue weighted by atomic mass is 10.1. The molecule has 0 aromatic heterocycles. The molecule has 0 bridgehead atoms. The number of hydrogen-bond acceptors (Lipinski definition) is 16. The number of nitrogens with two attached hydrogens (primary N) is 3. The first-order valence-corrected chi connectivity index (χ1v) is 22.1. The summed E-state index contributed by atoms with van der Waals surface area (Å²) in [4.78, 5) is -1.63. The minimum atomic E-state index is -4.85. The number of nitrogens with zero attached hydrogens (tertiary/aromatic N) is 4. The van der Waals surface area contributed by atoms with Crippen LogP contribution in [0.25, 0.3) is 10.8 Å². The molecule has 0 atom stereocenters. The van der Waals surface area contributed by atoms with Crippen LogP contribution in [0.4, 0.5) is 39.8 Å². The molecule has 0 aliphatic rings. The van der Waals surface area contributed by atoms with Gasteiger partial charge >= 0.3 is 0 Å². The highest BCUT2D eigenvalue weighted by molar-refractivity contribution is 7.90. The van der Waals surface area contributed by atoms with Crippen molar-refractivity contribution in [2.75, 3.05) is 23.9 Å². The topological polar surface area (TPSA) is 332 Å². The molecule has 11 N–H and O–H groups in total. The van der Waals surface area contributed by atoms with E-state index in [-0.39, 0.29) is 38.5 Å². The van der Waals surface area contributed by atoms with Gasteiger partial charge in [0.15, 0.2) is 5.75 Å². The van der Waals surface area contributed by atoms with Gasteiger partial charge < -0.3 is 32.4 Å². The molecule has 62 heavy (non-hydrogen) atoms. The SMILES string of the molecule is C=C(/C=C(\C(N)=C/C)S(=O)(=O)O)Nc1ccc2c(O)c(N=Nc3cc(C)c(N)cc3C)c(S(=O)(=O)O)cc2c1.COc1ccc(N=Nc2cc(C)c(N)cc2C)c(S(=O)(=O)O)c1. The van der Waals surface area contributed by atoms with Crippen LogP contribution in [0.3, 0.4) is 0 Å². The minimum Gasteiger partial charge on any atom is -0.505 e. The fourth-order valence-corrected chi connectivity index (χ4v) is 7.54. The number of phenolic OH excluding ortho intramolecular Hbond substituents is 1. The number of aryl methyl sites for hydroxylation is 4. The van der Waals surface area contributed by atoms with Gasteiger partial charge in [-0.25, -0.2) is 0 Å².